The molecule has 0 unspecified atom stereocenters. The molecule has 0 aliphatic heterocycles. The van der Waals surface area contributed by atoms with Gasteiger partial charge in [0.25, 0.3) is 5.91 Å². The van der Waals surface area contributed by atoms with Crippen LogP contribution in [0.4, 0.5) is 0 Å². The third-order valence-electron chi connectivity index (χ3n) is 1.46. The normalized spacial score (nSPS) is 9.85. The molecule has 1 rings (SSSR count). The molecule has 0 fully saturated rings. The summed E-state index contributed by atoms with van der Waals surface area (Å²) in [6.45, 7) is 0. The van der Waals surface area contributed by atoms with Crippen molar-refractivity contribution in [2.24, 2.45) is 0 Å². The van der Waals surface area contributed by atoms with Gasteiger partial charge in [-0.2, -0.15) is 0 Å². The Kier molecular flexibility index (Phi) is 3.14. The van der Waals surface area contributed by atoms with Crippen molar-refractivity contribution < 1.29 is 10.0 Å². The summed E-state index contributed by atoms with van der Waals surface area (Å²) >= 11 is 11.4. The molecule has 1 N–H and O–H groups in total. The molecule has 0 aromatic heterocycles. The van der Waals surface area contributed by atoms with Gasteiger partial charge in [0.2, 0.25) is 0 Å². The van der Waals surface area contributed by atoms with Gasteiger partial charge in [-0.25, -0.2) is 5.06 Å². The summed E-state index contributed by atoms with van der Waals surface area (Å²) in [7, 11) is 1.23. The quantitative estimate of drug-likeness (QED) is 0.583. The van der Waals surface area contributed by atoms with Crippen molar-refractivity contribution in [1.82, 2.24) is 5.06 Å². The molecule has 0 saturated carbocycles. The van der Waals surface area contributed by atoms with Crippen LogP contribution in [-0.2, 0) is 0 Å². The van der Waals surface area contributed by atoms with Gasteiger partial charge in [-0.05, 0) is 18.2 Å². The van der Waals surface area contributed by atoms with Gasteiger partial charge in [0.1, 0.15) is 0 Å². The summed E-state index contributed by atoms with van der Waals surface area (Å²) in [5.74, 6) is -0.568. The molecule has 3 nitrogen and oxygen atoms in total. The molecule has 0 heterocycles. The van der Waals surface area contributed by atoms with Crippen LogP contribution >= 0.6 is 23.2 Å². The van der Waals surface area contributed by atoms with E-state index >= 15 is 0 Å². The summed E-state index contributed by atoms with van der Waals surface area (Å²) in [5.41, 5.74) is 0.219. The van der Waals surface area contributed by atoms with Crippen molar-refractivity contribution in [1.29, 1.82) is 0 Å². The van der Waals surface area contributed by atoms with Crippen molar-refractivity contribution in [2.45, 2.75) is 0 Å². The number of rotatable bonds is 1. The van der Waals surface area contributed by atoms with E-state index in [1.807, 2.05) is 0 Å². The molecular weight excluding hydrogens is 213 g/mol. The zero-order chi connectivity index (χ0) is 10.0. The van der Waals surface area contributed by atoms with E-state index in [1.165, 1.54) is 25.2 Å². The topological polar surface area (TPSA) is 40.5 Å². The highest BCUT2D eigenvalue weighted by molar-refractivity contribution is 6.36. The smallest absolute Gasteiger partial charge is 0.278 e. The first kappa shape index (κ1) is 10.3. The Morgan fingerprint density at radius 2 is 2.08 bits per heavy atom. The molecule has 0 saturated heterocycles. The Bertz CT molecular complexity index is 339. The van der Waals surface area contributed by atoms with Gasteiger partial charge in [0.15, 0.2) is 0 Å². The summed E-state index contributed by atoms with van der Waals surface area (Å²) < 4.78 is 0. The van der Waals surface area contributed by atoms with Crippen molar-refractivity contribution >= 4 is 29.1 Å². The van der Waals surface area contributed by atoms with Crippen LogP contribution in [0, 0.1) is 0 Å². The van der Waals surface area contributed by atoms with Crippen molar-refractivity contribution in [2.75, 3.05) is 7.05 Å². The van der Waals surface area contributed by atoms with Crippen LogP contribution in [0.5, 0.6) is 0 Å². The van der Waals surface area contributed by atoms with Crippen LogP contribution in [0.3, 0.4) is 0 Å². The molecule has 1 amide bonds. The first-order valence-electron chi connectivity index (χ1n) is 3.44. The van der Waals surface area contributed by atoms with Gasteiger partial charge in [0, 0.05) is 12.1 Å². The Balaban J connectivity index is 3.09. The Morgan fingerprint density at radius 3 is 2.54 bits per heavy atom. The van der Waals surface area contributed by atoms with Crippen molar-refractivity contribution in [3.63, 3.8) is 0 Å². The first-order valence-corrected chi connectivity index (χ1v) is 4.20. The predicted molar refractivity (Wildman–Crippen MR) is 50.3 cm³/mol. The molecule has 5 heteroatoms. The number of hydrogen-bond donors (Lipinski definition) is 1. The van der Waals surface area contributed by atoms with Crippen LogP contribution in [0.2, 0.25) is 10.0 Å². The van der Waals surface area contributed by atoms with Gasteiger partial charge >= 0.3 is 0 Å². The highest BCUT2D eigenvalue weighted by Crippen LogP contribution is 2.21. The molecule has 1 aromatic carbocycles. The molecule has 0 atom stereocenters. The zero-order valence-electron chi connectivity index (χ0n) is 6.79. The minimum absolute atomic E-state index is 0.219. The molecule has 13 heavy (non-hydrogen) atoms. The fraction of sp³-hybridized carbons (Fsp3) is 0.125. The Hall–Kier alpha value is -0.770. The lowest BCUT2D eigenvalue weighted by atomic mass is 10.2. The minimum atomic E-state index is -0.568. The SMILES string of the molecule is CN(O)C(=O)c1ccc(Cl)cc1Cl. The third kappa shape index (κ3) is 2.34. The average molecular weight is 220 g/mol. The number of carbonyl (C=O) groups excluding carboxylic acids is 1. The number of carbonyl (C=O) groups is 1. The van der Waals surface area contributed by atoms with E-state index in [-0.39, 0.29) is 10.6 Å². The second-order valence-corrected chi connectivity index (χ2v) is 3.30. The molecule has 0 aliphatic carbocycles. The Morgan fingerprint density at radius 1 is 1.46 bits per heavy atom. The number of halogens is 2. The van der Waals surface area contributed by atoms with E-state index in [4.69, 9.17) is 28.4 Å². The lowest BCUT2D eigenvalue weighted by molar-refractivity contribution is -0.0374. The van der Waals surface area contributed by atoms with Crippen molar-refractivity contribution in [3.8, 4) is 0 Å². The van der Waals surface area contributed by atoms with Crippen LogP contribution in [0.25, 0.3) is 0 Å². The maximum atomic E-state index is 11.2. The summed E-state index contributed by atoms with van der Waals surface area (Å²) in [4.78, 5) is 11.2. The van der Waals surface area contributed by atoms with Gasteiger partial charge in [-0.1, -0.05) is 23.2 Å². The van der Waals surface area contributed by atoms with Gasteiger partial charge in [-0.15, -0.1) is 0 Å². The molecule has 0 bridgehead atoms. The predicted octanol–water partition coefficient (Wildman–Crippen LogP) is 2.45. The van der Waals surface area contributed by atoms with Crippen LogP contribution in [0.15, 0.2) is 18.2 Å². The molecule has 0 radical (unpaired) electrons. The molecule has 0 spiro atoms. The molecule has 0 aliphatic rings. The number of hydroxylamine groups is 2. The maximum absolute atomic E-state index is 11.2. The van der Waals surface area contributed by atoms with Crippen LogP contribution < -0.4 is 0 Å². The van der Waals surface area contributed by atoms with E-state index in [1.54, 1.807) is 0 Å². The fourth-order valence-corrected chi connectivity index (χ4v) is 1.33. The highest BCUT2D eigenvalue weighted by Gasteiger charge is 2.13. The van der Waals surface area contributed by atoms with E-state index < -0.39 is 5.91 Å². The number of benzene rings is 1. The monoisotopic (exact) mass is 219 g/mol. The van der Waals surface area contributed by atoms with E-state index in [2.05, 4.69) is 0 Å². The second-order valence-electron chi connectivity index (χ2n) is 2.45. The average Bonchev–Trinajstić information content (AvgIpc) is 2.03. The van der Waals surface area contributed by atoms with Gasteiger partial charge in [-0.3, -0.25) is 10.0 Å². The highest BCUT2D eigenvalue weighted by atomic mass is 35.5. The zero-order valence-corrected chi connectivity index (χ0v) is 8.30. The number of amides is 1. The van der Waals surface area contributed by atoms with E-state index in [0.717, 1.165) is 0 Å². The van der Waals surface area contributed by atoms with Crippen molar-refractivity contribution in [3.05, 3.63) is 33.8 Å². The molecular formula is C8H7Cl2NO2. The van der Waals surface area contributed by atoms with Gasteiger partial charge < -0.3 is 0 Å². The third-order valence-corrected chi connectivity index (χ3v) is 2.00. The van der Waals surface area contributed by atoms with Crippen LogP contribution in [0.1, 0.15) is 10.4 Å². The fourth-order valence-electron chi connectivity index (χ4n) is 0.837. The van der Waals surface area contributed by atoms with Gasteiger partial charge in [0.05, 0.1) is 10.6 Å². The van der Waals surface area contributed by atoms with E-state index in [0.29, 0.717) is 10.1 Å². The number of hydrogen-bond acceptors (Lipinski definition) is 2. The Labute approximate surface area is 85.4 Å². The summed E-state index contributed by atoms with van der Waals surface area (Å²) in [6.07, 6.45) is 0. The lowest BCUT2D eigenvalue weighted by Crippen LogP contribution is -2.22. The summed E-state index contributed by atoms with van der Waals surface area (Å²) in [5, 5.41) is 9.99. The second kappa shape index (κ2) is 3.96. The first-order chi connectivity index (χ1) is 6.02. The maximum Gasteiger partial charge on any atom is 0.278 e. The lowest BCUT2D eigenvalue weighted by Gasteiger charge is -2.09. The van der Waals surface area contributed by atoms with E-state index in [9.17, 15) is 4.79 Å². The number of nitrogens with zero attached hydrogens (tertiary/aromatic N) is 1. The largest absolute Gasteiger partial charge is 0.286 e. The minimum Gasteiger partial charge on any atom is -0.286 e. The van der Waals surface area contributed by atoms with Crippen LogP contribution in [-0.4, -0.2) is 23.2 Å². The molecule has 70 valence electrons. The molecule has 1 aromatic rings. The summed E-state index contributed by atoms with van der Waals surface area (Å²) in [6, 6.07) is 4.43. The standard InChI is InChI=1S/C8H7Cl2NO2/c1-11(13)8(12)6-3-2-5(9)4-7(6)10/h2-4,13H,1H3.